The molecule has 26 heavy (non-hydrogen) atoms. The number of aromatic amines is 1. The number of nitrogens with zero attached hydrogens (tertiary/aromatic N) is 1. The van der Waals surface area contributed by atoms with E-state index in [4.69, 9.17) is 5.11 Å². The Morgan fingerprint density at radius 1 is 1.15 bits per heavy atom. The number of imidazole rings is 1. The van der Waals surface area contributed by atoms with Crippen LogP contribution in [-0.2, 0) is 17.4 Å². The van der Waals surface area contributed by atoms with Crippen LogP contribution in [0.3, 0.4) is 0 Å². The number of hydrogen-bond acceptors (Lipinski definition) is 2. The normalized spacial score (nSPS) is 11.7. The number of benzene rings is 2. The van der Waals surface area contributed by atoms with Crippen LogP contribution in [0, 0.1) is 0 Å². The summed E-state index contributed by atoms with van der Waals surface area (Å²) in [4.78, 5) is 17.7. The molecule has 0 saturated carbocycles. The molecule has 0 fully saturated rings. The van der Waals surface area contributed by atoms with E-state index in [2.05, 4.69) is 9.97 Å². The number of carbonyl (C=O) groups is 1. The molecule has 1 aromatic heterocycles. The number of H-pyrrole nitrogens is 1. The third-order valence-electron chi connectivity index (χ3n) is 3.63. The number of carboxylic acid groups (broad SMARTS) is 1. The number of hydrogen-bond donors (Lipinski definition) is 2. The first-order valence-electron chi connectivity index (χ1n) is 7.37. The molecule has 0 aliphatic carbocycles. The highest BCUT2D eigenvalue weighted by atomic mass is 35.5. The SMILES string of the molecule is Cl.O=C(O)/C=C/c1ccc(Cc2nc3ccc(C(F)(F)F)cc3[nH]2)cc1. The van der Waals surface area contributed by atoms with Crippen molar-refractivity contribution in [1.82, 2.24) is 9.97 Å². The van der Waals surface area contributed by atoms with Crippen molar-refractivity contribution in [2.24, 2.45) is 0 Å². The molecule has 0 aliphatic rings. The smallest absolute Gasteiger partial charge is 0.416 e. The minimum Gasteiger partial charge on any atom is -0.478 e. The van der Waals surface area contributed by atoms with Gasteiger partial charge in [-0.05, 0) is 35.4 Å². The highest BCUT2D eigenvalue weighted by Gasteiger charge is 2.30. The van der Waals surface area contributed by atoms with Gasteiger partial charge in [0.15, 0.2) is 0 Å². The minimum atomic E-state index is -4.39. The Morgan fingerprint density at radius 3 is 2.46 bits per heavy atom. The van der Waals surface area contributed by atoms with E-state index in [1.165, 1.54) is 12.1 Å². The maximum absolute atomic E-state index is 12.7. The van der Waals surface area contributed by atoms with Crippen molar-refractivity contribution in [2.45, 2.75) is 12.6 Å². The van der Waals surface area contributed by atoms with Gasteiger partial charge in [-0.15, -0.1) is 12.4 Å². The van der Waals surface area contributed by atoms with Crippen molar-refractivity contribution in [3.63, 3.8) is 0 Å². The third kappa shape index (κ3) is 4.64. The van der Waals surface area contributed by atoms with Crippen LogP contribution < -0.4 is 0 Å². The summed E-state index contributed by atoms with van der Waals surface area (Å²) >= 11 is 0. The summed E-state index contributed by atoms with van der Waals surface area (Å²) in [7, 11) is 0. The predicted octanol–water partition coefficient (Wildman–Crippen LogP) is 4.69. The summed E-state index contributed by atoms with van der Waals surface area (Å²) < 4.78 is 38.2. The summed E-state index contributed by atoms with van der Waals surface area (Å²) in [6.45, 7) is 0. The molecule has 0 aliphatic heterocycles. The highest BCUT2D eigenvalue weighted by molar-refractivity contribution is 5.85. The van der Waals surface area contributed by atoms with Crippen LogP contribution in [0.4, 0.5) is 13.2 Å². The largest absolute Gasteiger partial charge is 0.478 e. The van der Waals surface area contributed by atoms with Gasteiger partial charge in [-0.1, -0.05) is 24.3 Å². The molecule has 0 saturated heterocycles. The van der Waals surface area contributed by atoms with E-state index < -0.39 is 17.7 Å². The summed E-state index contributed by atoms with van der Waals surface area (Å²) in [5.41, 5.74) is 1.74. The minimum absolute atomic E-state index is 0. The lowest BCUT2D eigenvalue weighted by molar-refractivity contribution is -0.137. The van der Waals surface area contributed by atoms with E-state index in [9.17, 15) is 18.0 Å². The first-order chi connectivity index (χ1) is 11.8. The fourth-order valence-electron chi connectivity index (χ4n) is 2.43. The number of alkyl halides is 3. The van der Waals surface area contributed by atoms with Crippen molar-refractivity contribution in [1.29, 1.82) is 0 Å². The second kappa shape index (κ2) is 7.61. The average molecular weight is 383 g/mol. The van der Waals surface area contributed by atoms with Gasteiger partial charge in [-0.25, -0.2) is 9.78 Å². The van der Waals surface area contributed by atoms with Crippen molar-refractivity contribution in [2.75, 3.05) is 0 Å². The van der Waals surface area contributed by atoms with E-state index in [1.807, 2.05) is 12.1 Å². The quantitative estimate of drug-likeness (QED) is 0.643. The van der Waals surface area contributed by atoms with Crippen molar-refractivity contribution in [3.05, 3.63) is 71.1 Å². The molecule has 4 nitrogen and oxygen atoms in total. The van der Waals surface area contributed by atoms with Crippen LogP contribution in [0.15, 0.2) is 48.5 Å². The topological polar surface area (TPSA) is 66.0 Å². The summed E-state index contributed by atoms with van der Waals surface area (Å²) in [5, 5.41) is 8.59. The van der Waals surface area contributed by atoms with E-state index in [-0.39, 0.29) is 12.4 Å². The highest BCUT2D eigenvalue weighted by Crippen LogP contribution is 2.31. The Labute approximate surface area is 152 Å². The number of halogens is 4. The van der Waals surface area contributed by atoms with Gasteiger partial charge in [0.2, 0.25) is 0 Å². The maximum atomic E-state index is 12.7. The standard InChI is InChI=1S/C18H13F3N2O2.ClH/c19-18(20,21)13-6-7-14-15(10-13)23-16(22-14)9-12-3-1-11(2-4-12)5-8-17(24)25;/h1-8,10H,9H2,(H,22,23)(H,24,25);1H/b8-5+;. The van der Waals surface area contributed by atoms with Gasteiger partial charge in [0.25, 0.3) is 0 Å². The molecule has 3 rings (SSSR count). The Morgan fingerprint density at radius 2 is 1.85 bits per heavy atom. The Kier molecular flexibility index (Phi) is 5.72. The van der Waals surface area contributed by atoms with Crippen LogP contribution in [-0.4, -0.2) is 21.0 Å². The Hall–Kier alpha value is -2.80. The lowest BCUT2D eigenvalue weighted by Crippen LogP contribution is -2.04. The molecule has 0 unspecified atom stereocenters. The monoisotopic (exact) mass is 382 g/mol. The third-order valence-corrected chi connectivity index (χ3v) is 3.63. The Balaban J connectivity index is 0.00000243. The number of aliphatic carboxylic acids is 1. The van der Waals surface area contributed by atoms with Crippen molar-refractivity contribution < 1.29 is 23.1 Å². The number of carboxylic acids is 1. The Bertz CT molecular complexity index is 947. The molecule has 0 spiro atoms. The predicted molar refractivity (Wildman–Crippen MR) is 94.3 cm³/mol. The van der Waals surface area contributed by atoms with Crippen molar-refractivity contribution >= 4 is 35.5 Å². The summed E-state index contributed by atoms with van der Waals surface area (Å²) in [5.74, 6) is -0.465. The number of fused-ring (bicyclic) bond motifs is 1. The molecular weight excluding hydrogens is 369 g/mol. The molecule has 2 N–H and O–H groups in total. The lowest BCUT2D eigenvalue weighted by atomic mass is 10.1. The van der Waals surface area contributed by atoms with Gasteiger partial charge in [0, 0.05) is 12.5 Å². The van der Waals surface area contributed by atoms with Crippen molar-refractivity contribution in [3.8, 4) is 0 Å². The number of aromatic nitrogens is 2. The molecule has 0 radical (unpaired) electrons. The van der Waals surface area contributed by atoms with Gasteiger partial charge < -0.3 is 10.1 Å². The number of rotatable bonds is 4. The lowest BCUT2D eigenvalue weighted by Gasteiger charge is -2.05. The zero-order valence-electron chi connectivity index (χ0n) is 13.2. The van der Waals surface area contributed by atoms with Gasteiger partial charge in [0.1, 0.15) is 5.82 Å². The summed E-state index contributed by atoms with van der Waals surface area (Å²) in [6.07, 6.45) is -1.43. The molecule has 1 heterocycles. The zero-order chi connectivity index (χ0) is 18.0. The van der Waals surface area contributed by atoms with Crippen LogP contribution in [0.1, 0.15) is 22.5 Å². The average Bonchev–Trinajstić information content (AvgIpc) is 2.94. The van der Waals surface area contributed by atoms with Crippen LogP contribution in [0.5, 0.6) is 0 Å². The molecule has 136 valence electrons. The van der Waals surface area contributed by atoms with E-state index in [1.54, 1.807) is 12.1 Å². The van der Waals surface area contributed by atoms with Crippen LogP contribution >= 0.6 is 12.4 Å². The van der Waals surface area contributed by atoms with E-state index in [0.717, 1.165) is 29.3 Å². The first-order valence-corrected chi connectivity index (χ1v) is 7.37. The second-order valence-corrected chi connectivity index (χ2v) is 5.50. The zero-order valence-corrected chi connectivity index (χ0v) is 14.1. The first kappa shape index (κ1) is 19.5. The molecule has 3 aromatic rings. The van der Waals surface area contributed by atoms with Gasteiger partial charge >= 0.3 is 12.1 Å². The summed E-state index contributed by atoms with van der Waals surface area (Å²) in [6, 6.07) is 10.6. The molecule has 0 amide bonds. The van der Waals surface area contributed by atoms with Gasteiger partial charge in [-0.2, -0.15) is 13.2 Å². The van der Waals surface area contributed by atoms with E-state index >= 15 is 0 Å². The molecule has 0 bridgehead atoms. The second-order valence-electron chi connectivity index (χ2n) is 5.50. The van der Waals surface area contributed by atoms with Gasteiger partial charge in [0.05, 0.1) is 16.6 Å². The molecular formula is C18H14ClF3N2O2. The fourth-order valence-corrected chi connectivity index (χ4v) is 2.43. The van der Waals surface area contributed by atoms with Crippen LogP contribution in [0.25, 0.3) is 17.1 Å². The maximum Gasteiger partial charge on any atom is 0.416 e. The van der Waals surface area contributed by atoms with Crippen LogP contribution in [0.2, 0.25) is 0 Å². The molecule has 0 atom stereocenters. The fraction of sp³-hybridized carbons (Fsp3) is 0.111. The van der Waals surface area contributed by atoms with Gasteiger partial charge in [-0.3, -0.25) is 0 Å². The molecule has 8 heteroatoms. The van der Waals surface area contributed by atoms with E-state index in [0.29, 0.717) is 23.3 Å². The number of nitrogens with one attached hydrogen (secondary N) is 1. The molecule has 2 aromatic carbocycles.